The molecular weight excluding hydrogens is 183 g/mol. The zero-order valence-electron chi connectivity index (χ0n) is 5.99. The van der Waals surface area contributed by atoms with Gasteiger partial charge in [0.25, 0.3) is 0 Å². The van der Waals surface area contributed by atoms with Gasteiger partial charge in [-0.25, -0.2) is 0 Å². The smallest absolute Gasteiger partial charge is 0.0614 e. The van der Waals surface area contributed by atoms with E-state index in [-0.39, 0.29) is 0 Å². The minimum absolute atomic E-state index is 0.475. The first-order valence-corrected chi connectivity index (χ1v) is 3.83. The van der Waals surface area contributed by atoms with Gasteiger partial charge in [0, 0.05) is 7.05 Å². The Morgan fingerprint density at radius 3 is 2.36 bits per heavy atom. The van der Waals surface area contributed by atoms with Crippen molar-refractivity contribution in [1.82, 2.24) is 0 Å². The van der Waals surface area contributed by atoms with Gasteiger partial charge in [0.1, 0.15) is 0 Å². The Morgan fingerprint density at radius 2 is 1.82 bits per heavy atom. The molecular formula is C7H8Cl2N2. The zero-order chi connectivity index (χ0) is 8.43. The predicted octanol–water partition coefficient (Wildman–Crippen LogP) is 2.62. The second kappa shape index (κ2) is 3.20. The second-order valence-corrected chi connectivity index (χ2v) is 2.92. The van der Waals surface area contributed by atoms with Crippen molar-refractivity contribution in [2.45, 2.75) is 0 Å². The highest BCUT2D eigenvalue weighted by Crippen LogP contribution is 2.30. The van der Waals surface area contributed by atoms with Crippen molar-refractivity contribution in [1.29, 1.82) is 0 Å². The summed E-state index contributed by atoms with van der Waals surface area (Å²) >= 11 is 11.4. The number of benzene rings is 1. The van der Waals surface area contributed by atoms with Gasteiger partial charge in [-0.05, 0) is 12.1 Å². The molecule has 0 aliphatic carbocycles. The summed E-state index contributed by atoms with van der Waals surface area (Å²) in [5.41, 5.74) is 6.99. The quantitative estimate of drug-likeness (QED) is 0.669. The van der Waals surface area contributed by atoms with Crippen molar-refractivity contribution >= 4 is 34.6 Å². The van der Waals surface area contributed by atoms with Crippen LogP contribution in [0.3, 0.4) is 0 Å². The fourth-order valence-corrected chi connectivity index (χ4v) is 1.11. The van der Waals surface area contributed by atoms with Crippen molar-refractivity contribution in [3.8, 4) is 0 Å². The van der Waals surface area contributed by atoms with E-state index in [1.807, 2.05) is 0 Å². The third-order valence-electron chi connectivity index (χ3n) is 1.36. The Balaban J connectivity index is 3.21. The fraction of sp³-hybridized carbons (Fsp3) is 0.143. The largest absolute Gasteiger partial charge is 0.397 e. The third kappa shape index (κ3) is 1.70. The average Bonchev–Trinajstić information content (AvgIpc) is 1.97. The molecule has 0 fully saturated rings. The number of halogens is 2. The van der Waals surface area contributed by atoms with Gasteiger partial charge in [-0.3, -0.25) is 0 Å². The molecule has 0 atom stereocenters. The lowest BCUT2D eigenvalue weighted by Crippen LogP contribution is -1.95. The van der Waals surface area contributed by atoms with Crippen molar-refractivity contribution in [3.05, 3.63) is 22.2 Å². The van der Waals surface area contributed by atoms with Crippen LogP contribution in [0.2, 0.25) is 10.0 Å². The third-order valence-corrected chi connectivity index (χ3v) is 2.08. The molecule has 0 saturated carbocycles. The molecule has 3 N–H and O–H groups in total. The molecule has 2 nitrogen and oxygen atoms in total. The van der Waals surface area contributed by atoms with Crippen LogP contribution in [0, 0.1) is 0 Å². The first-order valence-electron chi connectivity index (χ1n) is 3.07. The van der Waals surface area contributed by atoms with Gasteiger partial charge < -0.3 is 11.1 Å². The second-order valence-electron chi connectivity index (χ2n) is 2.10. The average molecular weight is 191 g/mol. The molecule has 0 aliphatic heterocycles. The van der Waals surface area contributed by atoms with E-state index >= 15 is 0 Å². The topological polar surface area (TPSA) is 38.0 Å². The minimum atomic E-state index is 0.475. The van der Waals surface area contributed by atoms with E-state index in [0.717, 1.165) is 5.69 Å². The number of nitrogen functional groups attached to an aromatic ring is 1. The molecule has 0 unspecified atom stereocenters. The number of hydrogen-bond acceptors (Lipinski definition) is 2. The number of hydrogen-bond donors (Lipinski definition) is 2. The summed E-state index contributed by atoms with van der Waals surface area (Å²) in [6.07, 6.45) is 0. The van der Waals surface area contributed by atoms with Crippen LogP contribution in [0.1, 0.15) is 0 Å². The van der Waals surface area contributed by atoms with E-state index in [4.69, 9.17) is 28.9 Å². The summed E-state index contributed by atoms with van der Waals surface area (Å²) in [5, 5.41) is 3.88. The Labute approximate surface area is 75.3 Å². The molecule has 0 radical (unpaired) electrons. The van der Waals surface area contributed by atoms with Gasteiger partial charge >= 0.3 is 0 Å². The van der Waals surface area contributed by atoms with Crippen molar-refractivity contribution in [2.24, 2.45) is 0 Å². The van der Waals surface area contributed by atoms with Crippen LogP contribution in [0.15, 0.2) is 12.1 Å². The fourth-order valence-electron chi connectivity index (χ4n) is 0.779. The molecule has 0 aliphatic rings. The van der Waals surface area contributed by atoms with E-state index in [0.29, 0.717) is 15.7 Å². The molecule has 1 aromatic rings. The van der Waals surface area contributed by atoms with Crippen LogP contribution < -0.4 is 11.1 Å². The number of nitrogens with two attached hydrogens (primary N) is 1. The van der Waals surface area contributed by atoms with Crippen LogP contribution in [0.25, 0.3) is 0 Å². The summed E-state index contributed by atoms with van der Waals surface area (Å²) in [6.45, 7) is 0. The zero-order valence-corrected chi connectivity index (χ0v) is 7.50. The molecule has 0 bridgehead atoms. The highest BCUT2D eigenvalue weighted by molar-refractivity contribution is 6.42. The molecule has 11 heavy (non-hydrogen) atoms. The van der Waals surface area contributed by atoms with Gasteiger partial charge in [-0.1, -0.05) is 23.2 Å². The van der Waals surface area contributed by atoms with Crippen molar-refractivity contribution in [2.75, 3.05) is 18.1 Å². The maximum absolute atomic E-state index is 5.74. The van der Waals surface area contributed by atoms with Crippen molar-refractivity contribution < 1.29 is 0 Å². The number of nitrogens with one attached hydrogen (secondary N) is 1. The van der Waals surface area contributed by atoms with E-state index in [9.17, 15) is 0 Å². The standard InChI is InChI=1S/C7H8Cl2N2/c1-11-7-3-5(9)4(8)2-6(7)10/h2-3,11H,10H2,1H3. The van der Waals surface area contributed by atoms with Crippen LogP contribution in [0.5, 0.6) is 0 Å². The monoisotopic (exact) mass is 190 g/mol. The summed E-state index contributed by atoms with van der Waals surface area (Å²) in [4.78, 5) is 0. The summed E-state index contributed by atoms with van der Waals surface area (Å²) < 4.78 is 0. The normalized spacial score (nSPS) is 9.73. The van der Waals surface area contributed by atoms with Gasteiger partial charge in [0.05, 0.1) is 21.4 Å². The molecule has 4 heteroatoms. The molecule has 0 spiro atoms. The Hall–Kier alpha value is -0.600. The predicted molar refractivity (Wildman–Crippen MR) is 50.4 cm³/mol. The summed E-state index contributed by atoms with van der Waals surface area (Å²) in [5.74, 6) is 0. The molecule has 60 valence electrons. The lowest BCUT2D eigenvalue weighted by atomic mass is 10.3. The highest BCUT2D eigenvalue weighted by Gasteiger charge is 2.02. The Kier molecular flexibility index (Phi) is 2.47. The summed E-state index contributed by atoms with van der Waals surface area (Å²) in [6, 6.07) is 3.31. The maximum Gasteiger partial charge on any atom is 0.0614 e. The molecule has 0 saturated heterocycles. The Morgan fingerprint density at radius 1 is 1.27 bits per heavy atom. The molecule has 0 amide bonds. The van der Waals surface area contributed by atoms with Gasteiger partial charge in [0.15, 0.2) is 0 Å². The van der Waals surface area contributed by atoms with E-state index in [1.165, 1.54) is 0 Å². The van der Waals surface area contributed by atoms with Crippen molar-refractivity contribution in [3.63, 3.8) is 0 Å². The minimum Gasteiger partial charge on any atom is -0.397 e. The summed E-state index contributed by atoms with van der Waals surface area (Å²) in [7, 11) is 1.77. The van der Waals surface area contributed by atoms with E-state index in [1.54, 1.807) is 19.2 Å². The Bertz CT molecular complexity index is 273. The van der Waals surface area contributed by atoms with Crippen LogP contribution in [-0.4, -0.2) is 7.05 Å². The van der Waals surface area contributed by atoms with E-state index in [2.05, 4.69) is 5.32 Å². The van der Waals surface area contributed by atoms with Crippen LogP contribution in [0.4, 0.5) is 11.4 Å². The first-order chi connectivity index (χ1) is 5.15. The number of anilines is 2. The van der Waals surface area contributed by atoms with Gasteiger partial charge in [0.2, 0.25) is 0 Å². The lowest BCUT2D eigenvalue weighted by Gasteiger charge is -2.05. The molecule has 0 aromatic heterocycles. The SMILES string of the molecule is CNc1cc(Cl)c(Cl)cc1N. The van der Waals surface area contributed by atoms with Gasteiger partial charge in [-0.15, -0.1) is 0 Å². The van der Waals surface area contributed by atoms with E-state index < -0.39 is 0 Å². The molecule has 0 heterocycles. The maximum atomic E-state index is 5.74. The molecule has 1 aromatic carbocycles. The van der Waals surface area contributed by atoms with Crippen LogP contribution in [-0.2, 0) is 0 Å². The molecule has 1 rings (SSSR count). The number of rotatable bonds is 1. The highest BCUT2D eigenvalue weighted by atomic mass is 35.5. The lowest BCUT2D eigenvalue weighted by molar-refractivity contribution is 1.51. The van der Waals surface area contributed by atoms with Crippen LogP contribution >= 0.6 is 23.2 Å². The van der Waals surface area contributed by atoms with Gasteiger partial charge in [-0.2, -0.15) is 0 Å². The first kappa shape index (κ1) is 8.50.